The summed E-state index contributed by atoms with van der Waals surface area (Å²) in [7, 11) is 0. The fourth-order valence-corrected chi connectivity index (χ4v) is 6.03. The second-order valence-corrected chi connectivity index (χ2v) is 11.5. The van der Waals surface area contributed by atoms with E-state index in [0.717, 1.165) is 55.8 Å². The van der Waals surface area contributed by atoms with E-state index >= 15 is 0 Å². The normalized spacial score (nSPS) is 17.3. The van der Waals surface area contributed by atoms with Crippen LogP contribution in [0, 0.1) is 32.1 Å². The number of hydrogen-bond donors (Lipinski definition) is 1. The number of nitriles is 1. The molecule has 3 aromatic rings. The maximum absolute atomic E-state index is 13.6. The van der Waals surface area contributed by atoms with Gasteiger partial charge < -0.3 is 10.5 Å². The zero-order valence-corrected chi connectivity index (χ0v) is 24.5. The number of rotatable bonds is 5. The first-order valence-electron chi connectivity index (χ1n) is 12.9. The molecule has 39 heavy (non-hydrogen) atoms. The number of hydrogen-bond acceptors (Lipinski definition) is 5. The van der Waals surface area contributed by atoms with Gasteiger partial charge in [0.1, 0.15) is 18.2 Å². The van der Waals surface area contributed by atoms with Crippen LogP contribution in [0.15, 0.2) is 81.7 Å². The molecule has 1 aliphatic carbocycles. The van der Waals surface area contributed by atoms with Gasteiger partial charge in [-0.25, -0.2) is 0 Å². The number of carbonyl (C=O) groups is 1. The van der Waals surface area contributed by atoms with E-state index in [-0.39, 0.29) is 5.78 Å². The van der Waals surface area contributed by atoms with Gasteiger partial charge in [-0.2, -0.15) is 5.26 Å². The highest BCUT2D eigenvalue weighted by Gasteiger charge is 2.41. The monoisotopic (exact) mass is 601 g/mol. The van der Waals surface area contributed by atoms with Gasteiger partial charge in [-0.05, 0) is 92.3 Å². The SMILES string of the molecule is Cc1cc(COc2ccc(Br)cc2)c(C)c(C2C(C#N)=C(N)N(c3cc(Cl)ccc3C)C3=C2C(=O)CCC3)c1. The average molecular weight is 603 g/mol. The zero-order chi connectivity index (χ0) is 27.8. The number of anilines is 1. The Bertz CT molecular complexity index is 1580. The molecule has 7 heteroatoms. The Kier molecular flexibility index (Phi) is 7.57. The van der Waals surface area contributed by atoms with Crippen LogP contribution in [0.4, 0.5) is 5.69 Å². The predicted molar refractivity (Wildman–Crippen MR) is 159 cm³/mol. The Morgan fingerprint density at radius 2 is 1.85 bits per heavy atom. The topological polar surface area (TPSA) is 79.3 Å². The zero-order valence-electron chi connectivity index (χ0n) is 22.1. The lowest BCUT2D eigenvalue weighted by molar-refractivity contribution is -0.116. The summed E-state index contributed by atoms with van der Waals surface area (Å²) in [4.78, 5) is 15.5. The minimum Gasteiger partial charge on any atom is -0.489 e. The number of nitrogens with zero attached hydrogens (tertiary/aromatic N) is 2. The number of allylic oxidation sites excluding steroid dienone is 3. The molecule has 2 aliphatic rings. The van der Waals surface area contributed by atoms with E-state index in [0.29, 0.717) is 41.4 Å². The molecule has 3 aromatic carbocycles. The van der Waals surface area contributed by atoms with Crippen molar-refractivity contribution in [1.82, 2.24) is 0 Å². The van der Waals surface area contributed by atoms with Crippen molar-refractivity contribution in [3.8, 4) is 11.8 Å². The van der Waals surface area contributed by atoms with E-state index < -0.39 is 5.92 Å². The number of aryl methyl sites for hydroxylation is 2. The summed E-state index contributed by atoms with van der Waals surface area (Å²) in [6, 6.07) is 19.9. The van der Waals surface area contributed by atoms with Crippen molar-refractivity contribution < 1.29 is 9.53 Å². The van der Waals surface area contributed by atoms with Crippen LogP contribution in [0.1, 0.15) is 53.0 Å². The molecule has 0 radical (unpaired) electrons. The van der Waals surface area contributed by atoms with Gasteiger partial charge in [-0.15, -0.1) is 0 Å². The van der Waals surface area contributed by atoms with E-state index in [4.69, 9.17) is 22.1 Å². The maximum Gasteiger partial charge on any atom is 0.161 e. The summed E-state index contributed by atoms with van der Waals surface area (Å²) in [6.07, 6.45) is 1.86. The number of halogens is 2. The number of carbonyl (C=O) groups excluding carboxylic acids is 1. The van der Waals surface area contributed by atoms with E-state index in [1.807, 2.05) is 68.1 Å². The van der Waals surface area contributed by atoms with Gasteiger partial charge in [0, 0.05) is 27.2 Å². The van der Waals surface area contributed by atoms with Gasteiger partial charge in [0.25, 0.3) is 0 Å². The first-order chi connectivity index (χ1) is 18.7. The first kappa shape index (κ1) is 27.1. The number of Topliss-reactive ketones (excluding diaryl/α,β-unsaturated/α-hetero) is 1. The molecule has 0 saturated carbocycles. The smallest absolute Gasteiger partial charge is 0.161 e. The standard InChI is InChI=1S/C32H29BrClN3O2/c1-18-13-21(17-39-24-11-8-22(33)9-12-24)20(3)25(14-18)30-26(16-35)32(36)37(27-5-4-6-29(38)31(27)30)28-15-23(34)10-7-19(28)2/h7-15,30H,4-6,17,36H2,1-3H3. The quantitative estimate of drug-likeness (QED) is 0.321. The van der Waals surface area contributed by atoms with Crippen LogP contribution in [-0.4, -0.2) is 5.78 Å². The van der Waals surface area contributed by atoms with E-state index in [1.54, 1.807) is 0 Å². The summed E-state index contributed by atoms with van der Waals surface area (Å²) in [5, 5.41) is 11.0. The molecule has 0 aromatic heterocycles. The third-order valence-electron chi connectivity index (χ3n) is 7.54. The van der Waals surface area contributed by atoms with Crippen LogP contribution >= 0.6 is 27.5 Å². The van der Waals surface area contributed by atoms with Crippen LogP contribution in [-0.2, 0) is 11.4 Å². The molecule has 0 fully saturated rings. The van der Waals surface area contributed by atoms with Gasteiger partial charge in [-0.1, -0.05) is 51.3 Å². The number of benzene rings is 3. The van der Waals surface area contributed by atoms with Crippen molar-refractivity contribution in [2.75, 3.05) is 4.90 Å². The Balaban J connectivity index is 1.65. The molecule has 1 atom stereocenters. The number of ketones is 1. The summed E-state index contributed by atoms with van der Waals surface area (Å²) in [6.45, 7) is 6.39. The summed E-state index contributed by atoms with van der Waals surface area (Å²) >= 11 is 9.83. The molecular weight excluding hydrogens is 574 g/mol. The molecular formula is C32H29BrClN3O2. The minimum absolute atomic E-state index is 0.0553. The first-order valence-corrected chi connectivity index (χ1v) is 14.1. The summed E-state index contributed by atoms with van der Waals surface area (Å²) < 4.78 is 7.09. The van der Waals surface area contributed by atoms with E-state index in [9.17, 15) is 10.1 Å². The number of nitrogens with two attached hydrogens (primary N) is 1. The summed E-state index contributed by atoms with van der Waals surface area (Å²) in [5.41, 5.74) is 14.4. The van der Waals surface area contributed by atoms with E-state index in [1.165, 1.54) is 0 Å². The van der Waals surface area contributed by atoms with Gasteiger partial charge in [0.15, 0.2) is 5.78 Å². The van der Waals surface area contributed by atoms with Crippen molar-refractivity contribution in [3.05, 3.63) is 115 Å². The lowest BCUT2D eigenvalue weighted by Crippen LogP contribution is -2.39. The fraction of sp³-hybridized carbons (Fsp3) is 0.250. The van der Waals surface area contributed by atoms with Crippen molar-refractivity contribution >= 4 is 39.0 Å². The third-order valence-corrected chi connectivity index (χ3v) is 8.31. The molecule has 2 N–H and O–H groups in total. The molecule has 198 valence electrons. The Morgan fingerprint density at radius 3 is 2.56 bits per heavy atom. The lowest BCUT2D eigenvalue weighted by Gasteiger charge is -2.40. The van der Waals surface area contributed by atoms with Gasteiger partial charge in [-0.3, -0.25) is 9.69 Å². The highest BCUT2D eigenvalue weighted by atomic mass is 79.9. The van der Waals surface area contributed by atoms with Gasteiger partial charge in [0.2, 0.25) is 0 Å². The molecule has 5 nitrogen and oxygen atoms in total. The molecule has 5 rings (SSSR count). The van der Waals surface area contributed by atoms with Crippen LogP contribution in [0.5, 0.6) is 5.75 Å². The maximum atomic E-state index is 13.6. The average Bonchev–Trinajstić information content (AvgIpc) is 2.91. The van der Waals surface area contributed by atoms with Crippen molar-refractivity contribution in [2.45, 2.75) is 52.6 Å². The molecule has 0 saturated heterocycles. The lowest BCUT2D eigenvalue weighted by atomic mass is 9.73. The molecule has 1 heterocycles. The highest BCUT2D eigenvalue weighted by molar-refractivity contribution is 9.10. The minimum atomic E-state index is -0.542. The second-order valence-electron chi connectivity index (χ2n) is 10.1. The van der Waals surface area contributed by atoms with Crippen LogP contribution in [0.2, 0.25) is 5.02 Å². The molecule has 0 spiro atoms. The van der Waals surface area contributed by atoms with Gasteiger partial charge in [0.05, 0.1) is 23.2 Å². The molecule has 1 aliphatic heterocycles. The molecule has 0 bridgehead atoms. The fourth-order valence-electron chi connectivity index (χ4n) is 5.60. The highest BCUT2D eigenvalue weighted by Crippen LogP contribution is 2.48. The van der Waals surface area contributed by atoms with Crippen molar-refractivity contribution in [2.24, 2.45) is 5.73 Å². The second kappa shape index (κ2) is 10.9. The molecule has 0 amide bonds. The Labute approximate surface area is 242 Å². The number of ether oxygens (including phenoxy) is 1. The van der Waals surface area contributed by atoms with Crippen LogP contribution < -0.4 is 15.4 Å². The van der Waals surface area contributed by atoms with Crippen molar-refractivity contribution in [3.63, 3.8) is 0 Å². The largest absolute Gasteiger partial charge is 0.489 e. The van der Waals surface area contributed by atoms with Crippen LogP contribution in [0.25, 0.3) is 0 Å². The van der Waals surface area contributed by atoms with Crippen LogP contribution in [0.3, 0.4) is 0 Å². The molecule has 1 unspecified atom stereocenters. The third kappa shape index (κ3) is 5.09. The Morgan fingerprint density at radius 1 is 1.10 bits per heavy atom. The Hall–Kier alpha value is -3.53. The predicted octanol–water partition coefficient (Wildman–Crippen LogP) is 7.91. The van der Waals surface area contributed by atoms with E-state index in [2.05, 4.69) is 34.1 Å². The van der Waals surface area contributed by atoms with Crippen molar-refractivity contribution in [1.29, 1.82) is 5.26 Å². The summed E-state index contributed by atoms with van der Waals surface area (Å²) in [5.74, 6) is 0.620. The van der Waals surface area contributed by atoms with Gasteiger partial charge >= 0.3 is 0 Å².